The molecule has 1 aromatic rings. The normalized spacial score (nSPS) is 14.7. The molecule has 0 atom stereocenters. The first kappa shape index (κ1) is 16.9. The van der Waals surface area contributed by atoms with Crippen LogP contribution in [-0.4, -0.2) is 37.7 Å². The van der Waals surface area contributed by atoms with E-state index in [-0.39, 0.29) is 12.5 Å². The molecule has 0 aromatic heterocycles. The number of aliphatic carboxylic acids is 1. The fourth-order valence-corrected chi connectivity index (χ4v) is 2.45. The van der Waals surface area contributed by atoms with Crippen molar-refractivity contribution in [3.8, 4) is 11.5 Å². The van der Waals surface area contributed by atoms with Gasteiger partial charge in [-0.05, 0) is 31.4 Å². The minimum absolute atomic E-state index is 0.131. The highest BCUT2D eigenvalue weighted by atomic mass is 16.5. The number of carboxylic acid groups (broad SMARTS) is 1. The summed E-state index contributed by atoms with van der Waals surface area (Å²) in [4.78, 5) is 23.5. The summed E-state index contributed by atoms with van der Waals surface area (Å²) in [5.74, 6) is -0.175. The van der Waals surface area contributed by atoms with E-state index in [0.717, 1.165) is 5.56 Å². The molecule has 124 valence electrons. The van der Waals surface area contributed by atoms with Gasteiger partial charge in [-0.3, -0.25) is 9.59 Å². The smallest absolute Gasteiger partial charge is 0.311 e. The van der Waals surface area contributed by atoms with E-state index in [1.54, 1.807) is 18.2 Å². The molecule has 2 N–H and O–H groups in total. The van der Waals surface area contributed by atoms with Crippen LogP contribution < -0.4 is 14.8 Å². The van der Waals surface area contributed by atoms with E-state index in [2.05, 4.69) is 11.9 Å². The van der Waals surface area contributed by atoms with E-state index >= 15 is 0 Å². The van der Waals surface area contributed by atoms with Gasteiger partial charge in [0.25, 0.3) is 5.91 Å². The maximum Gasteiger partial charge on any atom is 0.311 e. The summed E-state index contributed by atoms with van der Waals surface area (Å²) in [6.45, 7) is 3.83. The topological polar surface area (TPSA) is 84.9 Å². The molecule has 0 heterocycles. The highest BCUT2D eigenvalue weighted by Crippen LogP contribution is 2.45. The number of methoxy groups -OCH3 is 2. The Kier molecular flexibility index (Phi) is 4.93. The molecule has 1 amide bonds. The summed E-state index contributed by atoms with van der Waals surface area (Å²) in [5.41, 5.74) is 0.392. The molecule has 1 saturated carbocycles. The second-order valence-corrected chi connectivity index (χ2v) is 5.63. The first-order valence-electron chi connectivity index (χ1n) is 7.35. The lowest BCUT2D eigenvalue weighted by atomic mass is 10.0. The van der Waals surface area contributed by atoms with Crippen molar-refractivity contribution in [1.29, 1.82) is 0 Å². The molecule has 6 nitrogen and oxygen atoms in total. The average Bonchev–Trinajstić information content (AvgIpc) is 3.33. The first-order chi connectivity index (χ1) is 11.0. The molecule has 0 saturated heterocycles. The van der Waals surface area contributed by atoms with E-state index in [0.29, 0.717) is 36.3 Å². The number of hydrogen-bond donors (Lipinski definition) is 2. The molecule has 0 unspecified atom stereocenters. The minimum atomic E-state index is -0.863. The van der Waals surface area contributed by atoms with E-state index in [1.807, 2.05) is 0 Å². The fourth-order valence-electron chi connectivity index (χ4n) is 2.45. The summed E-state index contributed by atoms with van der Waals surface area (Å²) in [5, 5.41) is 11.9. The van der Waals surface area contributed by atoms with Crippen LogP contribution in [-0.2, 0) is 11.2 Å². The molecule has 1 aliphatic rings. The first-order valence-corrected chi connectivity index (χ1v) is 7.35. The number of amides is 1. The number of carboxylic acids is 1. The van der Waals surface area contributed by atoms with Crippen molar-refractivity contribution >= 4 is 11.9 Å². The van der Waals surface area contributed by atoms with E-state index in [1.165, 1.54) is 14.2 Å². The highest BCUT2D eigenvalue weighted by Gasteiger charge is 2.50. The second kappa shape index (κ2) is 6.73. The molecule has 0 bridgehead atoms. The van der Waals surface area contributed by atoms with Crippen LogP contribution in [0.5, 0.6) is 11.5 Å². The minimum Gasteiger partial charge on any atom is -0.493 e. The molecule has 1 fully saturated rings. The van der Waals surface area contributed by atoms with E-state index < -0.39 is 11.4 Å². The predicted molar refractivity (Wildman–Crippen MR) is 85.1 cm³/mol. The monoisotopic (exact) mass is 319 g/mol. The highest BCUT2D eigenvalue weighted by molar-refractivity contribution is 5.95. The van der Waals surface area contributed by atoms with Crippen molar-refractivity contribution < 1.29 is 24.2 Å². The van der Waals surface area contributed by atoms with Crippen molar-refractivity contribution in [2.75, 3.05) is 20.8 Å². The van der Waals surface area contributed by atoms with E-state index in [9.17, 15) is 9.59 Å². The van der Waals surface area contributed by atoms with Crippen LogP contribution in [0, 0.1) is 5.41 Å². The number of allylic oxidation sites excluding steroid dienone is 1. The van der Waals surface area contributed by atoms with Crippen LogP contribution in [0.15, 0.2) is 24.8 Å². The summed E-state index contributed by atoms with van der Waals surface area (Å²) >= 11 is 0. The molecule has 0 radical (unpaired) electrons. The summed E-state index contributed by atoms with van der Waals surface area (Å²) < 4.78 is 10.6. The number of carbonyl (C=O) groups excluding carboxylic acids is 1. The lowest BCUT2D eigenvalue weighted by Crippen LogP contribution is -2.34. The zero-order valence-corrected chi connectivity index (χ0v) is 13.3. The summed E-state index contributed by atoms with van der Waals surface area (Å²) in [7, 11) is 3.04. The van der Waals surface area contributed by atoms with E-state index in [4.69, 9.17) is 14.6 Å². The van der Waals surface area contributed by atoms with Crippen LogP contribution in [0.25, 0.3) is 0 Å². The predicted octanol–water partition coefficient (Wildman–Crippen LogP) is 2.03. The Morgan fingerprint density at radius 3 is 2.52 bits per heavy atom. The van der Waals surface area contributed by atoms with Crippen molar-refractivity contribution in [1.82, 2.24) is 5.32 Å². The van der Waals surface area contributed by atoms with Gasteiger partial charge in [0.15, 0.2) is 11.5 Å². The Morgan fingerprint density at radius 1 is 1.35 bits per heavy atom. The zero-order valence-electron chi connectivity index (χ0n) is 13.3. The molecular weight excluding hydrogens is 298 g/mol. The van der Waals surface area contributed by atoms with Gasteiger partial charge in [-0.2, -0.15) is 0 Å². The molecule has 6 heteroatoms. The maximum absolute atomic E-state index is 12.3. The Labute approximate surface area is 135 Å². The van der Waals surface area contributed by atoms with Crippen molar-refractivity contribution in [2.24, 2.45) is 5.41 Å². The van der Waals surface area contributed by atoms with Gasteiger partial charge < -0.3 is 19.9 Å². The van der Waals surface area contributed by atoms with Gasteiger partial charge in [0, 0.05) is 17.7 Å². The number of rotatable bonds is 8. The Bertz CT molecular complexity index is 634. The SMILES string of the molecule is C=CCc1cc(C(=O)NCC2(C(=O)O)CC2)cc(OC)c1OC. The second-order valence-electron chi connectivity index (χ2n) is 5.63. The van der Waals surface area contributed by atoms with Gasteiger partial charge in [-0.1, -0.05) is 6.08 Å². The lowest BCUT2D eigenvalue weighted by Gasteiger charge is -2.15. The third-order valence-electron chi connectivity index (χ3n) is 4.08. The van der Waals surface area contributed by atoms with Crippen LogP contribution >= 0.6 is 0 Å². The Balaban J connectivity index is 2.21. The molecule has 2 rings (SSSR count). The number of benzene rings is 1. The van der Waals surface area contributed by atoms with Crippen LogP contribution in [0.1, 0.15) is 28.8 Å². The third kappa shape index (κ3) is 3.47. The van der Waals surface area contributed by atoms with Crippen LogP contribution in [0.2, 0.25) is 0 Å². The molecule has 1 aliphatic carbocycles. The van der Waals surface area contributed by atoms with Gasteiger partial charge >= 0.3 is 5.97 Å². The standard InChI is InChI=1S/C17H21NO5/c1-4-5-11-8-12(9-13(22-2)14(11)23-3)15(19)18-10-17(6-7-17)16(20)21/h4,8-9H,1,5-7,10H2,2-3H3,(H,18,19)(H,20,21). The van der Waals surface area contributed by atoms with Gasteiger partial charge in [0.1, 0.15) is 0 Å². The van der Waals surface area contributed by atoms with Gasteiger partial charge in [0.05, 0.1) is 19.6 Å². The number of hydrogen-bond acceptors (Lipinski definition) is 4. The van der Waals surface area contributed by atoms with Crippen molar-refractivity contribution in [3.05, 3.63) is 35.9 Å². The van der Waals surface area contributed by atoms with Gasteiger partial charge in [0.2, 0.25) is 0 Å². The van der Waals surface area contributed by atoms with Crippen LogP contribution in [0.3, 0.4) is 0 Å². The average molecular weight is 319 g/mol. The third-order valence-corrected chi connectivity index (χ3v) is 4.08. The summed E-state index contributed by atoms with van der Waals surface area (Å²) in [6.07, 6.45) is 3.43. The zero-order chi connectivity index (χ0) is 17.0. The molecule has 23 heavy (non-hydrogen) atoms. The Hall–Kier alpha value is -2.50. The quantitative estimate of drug-likeness (QED) is 0.716. The molecular formula is C17H21NO5. The lowest BCUT2D eigenvalue weighted by molar-refractivity contribution is -0.143. The number of carbonyl (C=O) groups is 2. The summed E-state index contributed by atoms with van der Waals surface area (Å²) in [6, 6.07) is 3.29. The Morgan fingerprint density at radius 2 is 2.04 bits per heavy atom. The van der Waals surface area contributed by atoms with Crippen molar-refractivity contribution in [2.45, 2.75) is 19.3 Å². The van der Waals surface area contributed by atoms with Crippen LogP contribution in [0.4, 0.5) is 0 Å². The molecule has 0 spiro atoms. The maximum atomic E-state index is 12.3. The van der Waals surface area contributed by atoms with Crippen molar-refractivity contribution in [3.63, 3.8) is 0 Å². The largest absolute Gasteiger partial charge is 0.493 e. The van der Waals surface area contributed by atoms with Gasteiger partial charge in [-0.15, -0.1) is 6.58 Å². The fraction of sp³-hybridized carbons (Fsp3) is 0.412. The number of nitrogens with one attached hydrogen (secondary N) is 1. The number of ether oxygens (including phenoxy) is 2. The molecule has 1 aromatic carbocycles. The molecule has 0 aliphatic heterocycles. The van der Waals surface area contributed by atoms with Gasteiger partial charge in [-0.25, -0.2) is 0 Å².